The van der Waals surface area contributed by atoms with Crippen molar-refractivity contribution in [1.82, 2.24) is 4.90 Å². The topological polar surface area (TPSA) is 55.8 Å². The van der Waals surface area contributed by atoms with E-state index < -0.39 is 10.1 Å². The molecule has 0 aliphatic carbocycles. The molecule has 1 aliphatic rings. The van der Waals surface area contributed by atoms with Crippen LogP contribution in [0, 0.1) is 6.92 Å². The largest absolute Gasteiger partial charge is 0.373 e. The Bertz CT molecular complexity index is 775. The standard InChI is InChI=1S/C19H23NO4S/c1-16-7-9-19(10-8-16)25(21,22)24-15-18-14-20(11-12-23-18)13-17-5-3-2-4-6-17/h2-10,18H,11-15H2,1H3/t18-/m1/s1. The Morgan fingerprint density at radius 1 is 1.12 bits per heavy atom. The van der Waals surface area contributed by atoms with Crippen LogP contribution in [0.25, 0.3) is 0 Å². The summed E-state index contributed by atoms with van der Waals surface area (Å²) < 4.78 is 35.4. The molecule has 1 aliphatic heterocycles. The second-order valence-corrected chi connectivity index (χ2v) is 7.88. The van der Waals surface area contributed by atoms with Gasteiger partial charge in [-0.2, -0.15) is 8.42 Å². The monoisotopic (exact) mass is 361 g/mol. The van der Waals surface area contributed by atoms with E-state index in [1.165, 1.54) is 5.56 Å². The van der Waals surface area contributed by atoms with Gasteiger partial charge in [0.05, 0.1) is 24.2 Å². The van der Waals surface area contributed by atoms with Crippen LogP contribution in [-0.4, -0.2) is 45.7 Å². The summed E-state index contributed by atoms with van der Waals surface area (Å²) in [6, 6.07) is 16.8. The minimum atomic E-state index is -3.75. The maximum atomic E-state index is 12.3. The zero-order valence-corrected chi connectivity index (χ0v) is 15.1. The highest BCUT2D eigenvalue weighted by Crippen LogP contribution is 2.16. The van der Waals surface area contributed by atoms with Crippen LogP contribution in [-0.2, 0) is 25.6 Å². The molecule has 6 heteroatoms. The number of ether oxygens (including phenoxy) is 1. The molecule has 0 aromatic heterocycles. The molecule has 25 heavy (non-hydrogen) atoms. The molecule has 1 fully saturated rings. The van der Waals surface area contributed by atoms with Gasteiger partial charge in [-0.25, -0.2) is 0 Å². The third kappa shape index (κ3) is 5.12. The van der Waals surface area contributed by atoms with Gasteiger partial charge < -0.3 is 4.74 Å². The van der Waals surface area contributed by atoms with Crippen LogP contribution in [0.5, 0.6) is 0 Å². The summed E-state index contributed by atoms with van der Waals surface area (Å²) >= 11 is 0. The lowest BCUT2D eigenvalue weighted by Gasteiger charge is -2.32. The molecule has 1 saturated heterocycles. The van der Waals surface area contributed by atoms with Gasteiger partial charge in [0.2, 0.25) is 0 Å². The fraction of sp³-hybridized carbons (Fsp3) is 0.368. The summed E-state index contributed by atoms with van der Waals surface area (Å²) in [5, 5.41) is 0. The van der Waals surface area contributed by atoms with E-state index >= 15 is 0 Å². The highest BCUT2D eigenvalue weighted by molar-refractivity contribution is 7.86. The van der Waals surface area contributed by atoms with Crippen LogP contribution in [0.1, 0.15) is 11.1 Å². The Kier molecular flexibility index (Phi) is 5.86. The minimum absolute atomic E-state index is 0.0293. The summed E-state index contributed by atoms with van der Waals surface area (Å²) in [6.45, 7) is 4.82. The van der Waals surface area contributed by atoms with Crippen molar-refractivity contribution in [2.75, 3.05) is 26.3 Å². The molecule has 1 atom stereocenters. The van der Waals surface area contributed by atoms with E-state index in [1.54, 1.807) is 24.3 Å². The molecule has 5 nitrogen and oxygen atoms in total. The molecule has 0 saturated carbocycles. The summed E-state index contributed by atoms with van der Waals surface area (Å²) in [5.41, 5.74) is 2.24. The SMILES string of the molecule is Cc1ccc(S(=O)(=O)OC[C@H]2CN(Cc3ccccc3)CCO2)cc1. The number of nitrogens with zero attached hydrogens (tertiary/aromatic N) is 1. The molecule has 0 amide bonds. The summed E-state index contributed by atoms with van der Waals surface area (Å²) in [4.78, 5) is 2.43. The van der Waals surface area contributed by atoms with Crippen molar-refractivity contribution >= 4 is 10.1 Å². The molecule has 1 heterocycles. The third-order valence-corrected chi connectivity index (χ3v) is 5.49. The zero-order valence-electron chi connectivity index (χ0n) is 14.3. The van der Waals surface area contributed by atoms with Crippen LogP contribution < -0.4 is 0 Å². The van der Waals surface area contributed by atoms with Crippen molar-refractivity contribution in [3.8, 4) is 0 Å². The van der Waals surface area contributed by atoms with Crippen LogP contribution in [0.3, 0.4) is 0 Å². The molecule has 0 spiro atoms. The number of hydrogen-bond donors (Lipinski definition) is 0. The first kappa shape index (κ1) is 18.1. The second-order valence-electron chi connectivity index (χ2n) is 6.27. The van der Waals surface area contributed by atoms with Gasteiger partial charge in [-0.1, -0.05) is 48.0 Å². The molecule has 0 unspecified atom stereocenters. The molecule has 3 rings (SSSR count). The fourth-order valence-corrected chi connectivity index (χ4v) is 3.74. The van der Waals surface area contributed by atoms with Crippen molar-refractivity contribution in [3.05, 3.63) is 65.7 Å². The lowest BCUT2D eigenvalue weighted by molar-refractivity contribution is -0.0495. The molecule has 0 N–H and O–H groups in total. The Morgan fingerprint density at radius 3 is 2.56 bits per heavy atom. The average Bonchev–Trinajstić information content (AvgIpc) is 2.62. The Labute approximate surface area is 149 Å². The van der Waals surface area contributed by atoms with E-state index in [1.807, 2.05) is 25.1 Å². The van der Waals surface area contributed by atoms with E-state index in [-0.39, 0.29) is 17.6 Å². The predicted molar refractivity (Wildman–Crippen MR) is 95.8 cm³/mol. The molecule has 2 aromatic carbocycles. The van der Waals surface area contributed by atoms with Crippen LogP contribution in [0.4, 0.5) is 0 Å². The Morgan fingerprint density at radius 2 is 1.84 bits per heavy atom. The third-order valence-electron chi connectivity index (χ3n) is 4.19. The van der Waals surface area contributed by atoms with Crippen LogP contribution >= 0.6 is 0 Å². The first-order valence-corrected chi connectivity index (χ1v) is 9.78. The maximum Gasteiger partial charge on any atom is 0.297 e. The average molecular weight is 361 g/mol. The molecule has 134 valence electrons. The van der Waals surface area contributed by atoms with Gasteiger partial charge in [0.25, 0.3) is 10.1 Å². The fourth-order valence-electron chi connectivity index (χ4n) is 2.80. The lowest BCUT2D eigenvalue weighted by atomic mass is 10.2. The minimum Gasteiger partial charge on any atom is -0.373 e. The van der Waals surface area contributed by atoms with Crippen molar-refractivity contribution in [2.24, 2.45) is 0 Å². The zero-order chi connectivity index (χ0) is 17.7. The summed E-state index contributed by atoms with van der Waals surface area (Å²) in [6.07, 6.45) is -0.252. The van der Waals surface area contributed by atoms with Crippen molar-refractivity contribution < 1.29 is 17.3 Å². The predicted octanol–water partition coefficient (Wildman–Crippen LogP) is 2.60. The van der Waals surface area contributed by atoms with E-state index in [0.717, 1.165) is 18.7 Å². The first-order chi connectivity index (χ1) is 12.0. The van der Waals surface area contributed by atoms with E-state index in [0.29, 0.717) is 13.2 Å². The van der Waals surface area contributed by atoms with E-state index in [9.17, 15) is 8.42 Å². The summed E-state index contributed by atoms with van der Waals surface area (Å²) in [7, 11) is -3.75. The highest BCUT2D eigenvalue weighted by Gasteiger charge is 2.24. The molecule has 0 radical (unpaired) electrons. The van der Waals surface area contributed by atoms with Gasteiger partial charge in [0.1, 0.15) is 0 Å². The van der Waals surface area contributed by atoms with Crippen molar-refractivity contribution in [3.63, 3.8) is 0 Å². The van der Waals surface area contributed by atoms with Crippen LogP contribution in [0.2, 0.25) is 0 Å². The molecular weight excluding hydrogens is 338 g/mol. The normalized spacial score (nSPS) is 19.0. The van der Waals surface area contributed by atoms with Gasteiger partial charge in [0.15, 0.2) is 0 Å². The summed E-state index contributed by atoms with van der Waals surface area (Å²) in [5.74, 6) is 0. The number of hydrogen-bond acceptors (Lipinski definition) is 5. The lowest BCUT2D eigenvalue weighted by Crippen LogP contribution is -2.44. The first-order valence-electron chi connectivity index (χ1n) is 8.37. The van der Waals surface area contributed by atoms with Gasteiger partial charge in [0, 0.05) is 19.6 Å². The maximum absolute atomic E-state index is 12.3. The van der Waals surface area contributed by atoms with Crippen LogP contribution in [0.15, 0.2) is 59.5 Å². The van der Waals surface area contributed by atoms with Gasteiger partial charge in [-0.15, -0.1) is 0 Å². The number of rotatable bonds is 6. The Balaban J connectivity index is 1.55. The Hall–Kier alpha value is -1.73. The number of benzene rings is 2. The molecule has 2 aromatic rings. The van der Waals surface area contributed by atoms with Gasteiger partial charge >= 0.3 is 0 Å². The van der Waals surface area contributed by atoms with Crippen molar-refractivity contribution in [1.29, 1.82) is 0 Å². The van der Waals surface area contributed by atoms with Gasteiger partial charge in [-0.05, 0) is 24.6 Å². The molecular formula is C19H23NO4S. The van der Waals surface area contributed by atoms with E-state index in [2.05, 4.69) is 17.0 Å². The smallest absolute Gasteiger partial charge is 0.297 e. The number of aryl methyl sites for hydroxylation is 1. The second kappa shape index (κ2) is 8.10. The highest BCUT2D eigenvalue weighted by atomic mass is 32.2. The van der Waals surface area contributed by atoms with Gasteiger partial charge in [-0.3, -0.25) is 9.08 Å². The number of morpholine rings is 1. The van der Waals surface area contributed by atoms with E-state index in [4.69, 9.17) is 8.92 Å². The quantitative estimate of drug-likeness (QED) is 0.740. The van der Waals surface area contributed by atoms with Crippen molar-refractivity contribution in [2.45, 2.75) is 24.5 Å². The molecule has 0 bridgehead atoms.